The van der Waals surface area contributed by atoms with Gasteiger partial charge in [0.2, 0.25) is 5.91 Å². The molecule has 0 atom stereocenters. The summed E-state index contributed by atoms with van der Waals surface area (Å²) in [5.41, 5.74) is 1.94. The molecule has 1 saturated heterocycles. The number of H-pyrrole nitrogens is 1. The molecule has 80 valence electrons. The second-order valence-electron chi connectivity index (χ2n) is 3.63. The van der Waals surface area contributed by atoms with Crippen LogP contribution in [0.3, 0.4) is 0 Å². The molecule has 1 fully saturated rings. The Kier molecular flexibility index (Phi) is 2.04. The third-order valence-corrected chi connectivity index (χ3v) is 3.58. The lowest BCUT2D eigenvalue weighted by Crippen LogP contribution is -2.22. The average Bonchev–Trinajstić information content (AvgIpc) is 2.83. The number of carbonyl (C=O) groups is 1. The molecule has 0 radical (unpaired) electrons. The third-order valence-electron chi connectivity index (χ3n) is 2.67. The normalized spacial score (nSPS) is 16.4. The number of carbonyl (C=O) groups excluding carboxylic acids is 1. The maximum absolute atomic E-state index is 11.8. The highest BCUT2D eigenvalue weighted by molar-refractivity contribution is 8.04. The molecule has 0 saturated carbocycles. The molecule has 1 aromatic heterocycles. The first-order valence-electron chi connectivity index (χ1n) is 4.98. The maximum Gasteiger partial charge on any atom is 0.242 e. The van der Waals surface area contributed by atoms with Crippen LogP contribution in [0.15, 0.2) is 42.1 Å². The van der Waals surface area contributed by atoms with Crippen molar-refractivity contribution in [1.29, 1.82) is 0 Å². The van der Waals surface area contributed by atoms with E-state index in [4.69, 9.17) is 0 Å². The molecule has 1 aromatic carbocycles. The number of hydrogen-bond acceptors (Lipinski definition) is 2. The molecule has 4 heteroatoms. The lowest BCUT2D eigenvalue weighted by atomic mass is 10.2. The van der Waals surface area contributed by atoms with Crippen LogP contribution in [0.2, 0.25) is 0 Å². The van der Waals surface area contributed by atoms with E-state index < -0.39 is 0 Å². The molecule has 1 aliphatic heterocycles. The predicted molar refractivity (Wildman–Crippen MR) is 67.4 cm³/mol. The van der Waals surface area contributed by atoms with Gasteiger partial charge in [-0.3, -0.25) is 9.69 Å². The molecular weight excluding hydrogens is 220 g/mol. The van der Waals surface area contributed by atoms with E-state index in [1.54, 1.807) is 4.90 Å². The Balaban J connectivity index is 2.19. The van der Waals surface area contributed by atoms with Gasteiger partial charge in [0.1, 0.15) is 0 Å². The molecule has 3 rings (SSSR count). The van der Waals surface area contributed by atoms with E-state index in [1.165, 1.54) is 11.8 Å². The Hall–Kier alpha value is -1.68. The Labute approximate surface area is 97.1 Å². The number of amides is 1. The van der Waals surface area contributed by atoms with Gasteiger partial charge in [0.05, 0.1) is 16.5 Å². The first kappa shape index (κ1) is 9.54. The van der Waals surface area contributed by atoms with E-state index in [9.17, 15) is 4.79 Å². The molecule has 2 heterocycles. The molecule has 1 aliphatic rings. The van der Waals surface area contributed by atoms with E-state index in [1.807, 2.05) is 30.5 Å². The van der Waals surface area contributed by atoms with Crippen molar-refractivity contribution in [3.8, 4) is 0 Å². The minimum atomic E-state index is 0.0970. The van der Waals surface area contributed by atoms with Gasteiger partial charge < -0.3 is 4.98 Å². The van der Waals surface area contributed by atoms with E-state index in [0.717, 1.165) is 21.6 Å². The number of para-hydroxylation sites is 1. The van der Waals surface area contributed by atoms with E-state index >= 15 is 0 Å². The zero-order valence-corrected chi connectivity index (χ0v) is 9.38. The van der Waals surface area contributed by atoms with Crippen LogP contribution in [-0.2, 0) is 4.79 Å². The van der Waals surface area contributed by atoms with Crippen LogP contribution in [0, 0.1) is 0 Å². The summed E-state index contributed by atoms with van der Waals surface area (Å²) in [5, 5.41) is 1.86. The van der Waals surface area contributed by atoms with E-state index in [-0.39, 0.29) is 5.91 Å². The molecule has 2 aromatic rings. The van der Waals surface area contributed by atoms with Crippen molar-refractivity contribution in [3.05, 3.63) is 42.1 Å². The van der Waals surface area contributed by atoms with Crippen LogP contribution in [-0.4, -0.2) is 16.6 Å². The van der Waals surface area contributed by atoms with Crippen LogP contribution in [0.4, 0.5) is 5.69 Å². The summed E-state index contributed by atoms with van der Waals surface area (Å²) in [6, 6.07) is 7.94. The SMILES string of the molecule is C=C1SCC(=O)N1c1c[nH]c2ccccc12. The zero-order chi connectivity index (χ0) is 11.1. The highest BCUT2D eigenvalue weighted by Gasteiger charge is 2.28. The second kappa shape index (κ2) is 3.42. The molecule has 1 N–H and O–H groups in total. The molecule has 3 nitrogen and oxygen atoms in total. The number of benzene rings is 1. The fraction of sp³-hybridized carbons (Fsp3) is 0.0833. The van der Waals surface area contributed by atoms with Gasteiger partial charge in [-0.2, -0.15) is 0 Å². The minimum absolute atomic E-state index is 0.0970. The number of anilines is 1. The van der Waals surface area contributed by atoms with Gasteiger partial charge >= 0.3 is 0 Å². The van der Waals surface area contributed by atoms with E-state index in [0.29, 0.717) is 5.75 Å². The summed E-state index contributed by atoms with van der Waals surface area (Å²) in [4.78, 5) is 16.6. The second-order valence-corrected chi connectivity index (χ2v) is 4.68. The minimum Gasteiger partial charge on any atom is -0.359 e. The van der Waals surface area contributed by atoms with Crippen molar-refractivity contribution in [2.75, 3.05) is 10.7 Å². The van der Waals surface area contributed by atoms with Gasteiger partial charge in [0, 0.05) is 17.1 Å². The van der Waals surface area contributed by atoms with Gasteiger partial charge in [-0.15, -0.1) is 0 Å². The molecule has 0 bridgehead atoms. The summed E-state index contributed by atoms with van der Waals surface area (Å²) in [5.74, 6) is 0.581. The number of rotatable bonds is 1. The number of nitrogens with one attached hydrogen (secondary N) is 1. The highest BCUT2D eigenvalue weighted by atomic mass is 32.2. The fourth-order valence-electron chi connectivity index (χ4n) is 1.92. The summed E-state index contributed by atoms with van der Waals surface area (Å²) < 4.78 is 0. The Morgan fingerprint density at radius 1 is 1.38 bits per heavy atom. The van der Waals surface area contributed by atoms with Gasteiger partial charge in [-0.25, -0.2) is 0 Å². The summed E-state index contributed by atoms with van der Waals surface area (Å²) in [6.45, 7) is 3.90. The number of hydrogen-bond donors (Lipinski definition) is 1. The lowest BCUT2D eigenvalue weighted by Gasteiger charge is -2.14. The lowest BCUT2D eigenvalue weighted by molar-refractivity contribution is -0.115. The fourth-order valence-corrected chi connectivity index (χ4v) is 2.67. The van der Waals surface area contributed by atoms with Crippen LogP contribution >= 0.6 is 11.8 Å². The largest absolute Gasteiger partial charge is 0.359 e. The quantitative estimate of drug-likeness (QED) is 0.817. The molecule has 0 unspecified atom stereocenters. The van der Waals surface area contributed by atoms with Crippen LogP contribution in [0.5, 0.6) is 0 Å². The average molecular weight is 230 g/mol. The standard InChI is InChI=1S/C12H10N2OS/c1-8-14(12(15)7-16-8)11-6-13-10-5-3-2-4-9(10)11/h2-6,13H,1,7H2. The molecule has 16 heavy (non-hydrogen) atoms. The summed E-state index contributed by atoms with van der Waals surface area (Å²) in [7, 11) is 0. The molecular formula is C12H10N2OS. The van der Waals surface area contributed by atoms with Crippen LogP contribution in [0.25, 0.3) is 10.9 Å². The van der Waals surface area contributed by atoms with Crippen molar-refractivity contribution in [2.45, 2.75) is 0 Å². The number of fused-ring (bicyclic) bond motifs is 1. The first-order chi connectivity index (χ1) is 7.77. The van der Waals surface area contributed by atoms with Crippen LogP contribution < -0.4 is 4.90 Å². The van der Waals surface area contributed by atoms with Crippen LogP contribution in [0.1, 0.15) is 0 Å². The molecule has 0 spiro atoms. The Bertz CT molecular complexity index is 571. The van der Waals surface area contributed by atoms with Gasteiger partial charge in [0.15, 0.2) is 0 Å². The molecule has 1 amide bonds. The maximum atomic E-state index is 11.8. The molecule has 0 aliphatic carbocycles. The zero-order valence-electron chi connectivity index (χ0n) is 8.56. The van der Waals surface area contributed by atoms with Crippen molar-refractivity contribution in [2.24, 2.45) is 0 Å². The highest BCUT2D eigenvalue weighted by Crippen LogP contribution is 2.36. The smallest absolute Gasteiger partial charge is 0.242 e. The summed E-state index contributed by atoms with van der Waals surface area (Å²) >= 11 is 1.49. The number of nitrogens with zero attached hydrogens (tertiary/aromatic N) is 1. The van der Waals surface area contributed by atoms with E-state index in [2.05, 4.69) is 11.6 Å². The van der Waals surface area contributed by atoms with Crippen molar-refractivity contribution in [1.82, 2.24) is 4.98 Å². The monoisotopic (exact) mass is 230 g/mol. The number of thioether (sulfide) groups is 1. The summed E-state index contributed by atoms with van der Waals surface area (Å²) in [6.07, 6.45) is 1.86. The van der Waals surface area contributed by atoms with Crippen molar-refractivity contribution >= 4 is 34.3 Å². The Morgan fingerprint density at radius 3 is 2.94 bits per heavy atom. The van der Waals surface area contributed by atoms with Gasteiger partial charge in [-0.05, 0) is 6.07 Å². The predicted octanol–water partition coefficient (Wildman–Crippen LogP) is 2.72. The van der Waals surface area contributed by atoms with Crippen molar-refractivity contribution < 1.29 is 4.79 Å². The third kappa shape index (κ3) is 1.27. The number of aromatic amines is 1. The van der Waals surface area contributed by atoms with Crippen molar-refractivity contribution in [3.63, 3.8) is 0 Å². The van der Waals surface area contributed by atoms with Gasteiger partial charge in [-0.1, -0.05) is 36.5 Å². The first-order valence-corrected chi connectivity index (χ1v) is 5.97. The Morgan fingerprint density at radius 2 is 2.19 bits per heavy atom. The topological polar surface area (TPSA) is 36.1 Å². The number of aromatic nitrogens is 1. The van der Waals surface area contributed by atoms with Gasteiger partial charge in [0.25, 0.3) is 0 Å².